The van der Waals surface area contributed by atoms with Crippen molar-refractivity contribution in [1.29, 1.82) is 0 Å². The number of anilines is 2. The van der Waals surface area contributed by atoms with Gasteiger partial charge in [0.2, 0.25) is 0 Å². The molecule has 126 valence electrons. The van der Waals surface area contributed by atoms with Gasteiger partial charge >= 0.3 is 29.6 Å². The second-order valence-electron chi connectivity index (χ2n) is 5.19. The molecule has 0 aliphatic rings. The number of para-hydroxylation sites is 1. The number of azo groups is 1. The average molecular weight is 375 g/mol. The van der Waals surface area contributed by atoms with Gasteiger partial charge in [-0.2, -0.15) is 10.2 Å². The summed E-state index contributed by atoms with van der Waals surface area (Å²) in [4.78, 5) is -0.327. The Labute approximate surface area is 174 Å². The molecule has 3 aromatic rings. The Balaban J connectivity index is 0.00000243. The van der Waals surface area contributed by atoms with E-state index in [0.717, 1.165) is 11.4 Å². The van der Waals surface area contributed by atoms with E-state index in [9.17, 15) is 13.0 Å². The van der Waals surface area contributed by atoms with Gasteiger partial charge in [-0.1, -0.05) is 24.3 Å². The van der Waals surface area contributed by atoms with Gasteiger partial charge in [0.1, 0.15) is 10.1 Å². The Hall–Kier alpha value is -2.03. The molecule has 0 heterocycles. The molecule has 0 unspecified atom stereocenters. The van der Waals surface area contributed by atoms with Gasteiger partial charge in [-0.05, 0) is 54.6 Å². The molecule has 0 atom stereocenters. The van der Waals surface area contributed by atoms with Gasteiger partial charge in [-0.3, -0.25) is 0 Å². The molecule has 0 aromatic heterocycles. The first-order chi connectivity index (χ1) is 12.0. The van der Waals surface area contributed by atoms with Crippen molar-refractivity contribution in [2.45, 2.75) is 4.90 Å². The van der Waals surface area contributed by atoms with Crippen LogP contribution >= 0.6 is 0 Å². The Bertz CT molecular complexity index is 992. The fourth-order valence-electron chi connectivity index (χ4n) is 2.12. The van der Waals surface area contributed by atoms with E-state index in [4.69, 9.17) is 0 Å². The average Bonchev–Trinajstić information content (AvgIpc) is 2.62. The zero-order chi connectivity index (χ0) is 17.7. The van der Waals surface area contributed by atoms with Crippen molar-refractivity contribution in [2.24, 2.45) is 10.2 Å². The number of nitrogens with zero attached hydrogens (tertiary/aromatic N) is 2. The molecule has 1 N–H and O–H groups in total. The molecule has 0 spiro atoms. The largest absolute Gasteiger partial charge is 1.00 e. The number of hydrogen-bond donors (Lipinski definition) is 1. The second-order valence-corrected chi connectivity index (χ2v) is 6.57. The van der Waals surface area contributed by atoms with Gasteiger partial charge < -0.3 is 9.87 Å². The quantitative estimate of drug-likeness (QED) is 0.418. The van der Waals surface area contributed by atoms with Crippen LogP contribution in [0.15, 0.2) is 94.0 Å². The van der Waals surface area contributed by atoms with Crippen LogP contribution in [0.3, 0.4) is 0 Å². The van der Waals surface area contributed by atoms with Crippen LogP contribution in [0.1, 0.15) is 0 Å². The van der Waals surface area contributed by atoms with Crippen molar-refractivity contribution in [3.05, 3.63) is 78.9 Å². The smallest absolute Gasteiger partial charge is 0.744 e. The molecule has 0 fully saturated rings. The van der Waals surface area contributed by atoms with Crippen LogP contribution in [0.5, 0.6) is 0 Å². The normalized spacial score (nSPS) is 11.1. The molecule has 3 aromatic carbocycles. The summed E-state index contributed by atoms with van der Waals surface area (Å²) in [6.07, 6.45) is 0. The third-order valence-corrected chi connectivity index (χ3v) is 4.15. The van der Waals surface area contributed by atoms with E-state index in [1.165, 1.54) is 18.2 Å². The van der Waals surface area contributed by atoms with E-state index in [-0.39, 0.29) is 34.5 Å². The second kappa shape index (κ2) is 9.07. The van der Waals surface area contributed by atoms with Gasteiger partial charge in [0.25, 0.3) is 0 Å². The van der Waals surface area contributed by atoms with E-state index < -0.39 is 10.1 Å². The third kappa shape index (κ3) is 5.76. The molecule has 0 aliphatic carbocycles. The first-order valence-electron chi connectivity index (χ1n) is 7.40. The fraction of sp³-hybridized carbons (Fsp3) is 0. The summed E-state index contributed by atoms with van der Waals surface area (Å²) in [5.74, 6) is 0. The minimum Gasteiger partial charge on any atom is -0.744 e. The Morgan fingerprint density at radius 1 is 0.731 bits per heavy atom. The Morgan fingerprint density at radius 3 is 2.00 bits per heavy atom. The van der Waals surface area contributed by atoms with Crippen LogP contribution < -0.4 is 34.9 Å². The van der Waals surface area contributed by atoms with Crippen molar-refractivity contribution in [3.8, 4) is 0 Å². The van der Waals surface area contributed by atoms with Gasteiger partial charge in [0.05, 0.1) is 16.3 Å². The Morgan fingerprint density at radius 2 is 1.35 bits per heavy atom. The van der Waals surface area contributed by atoms with E-state index in [1.807, 2.05) is 42.5 Å². The summed E-state index contributed by atoms with van der Waals surface area (Å²) in [6, 6.07) is 22.5. The summed E-state index contributed by atoms with van der Waals surface area (Å²) in [7, 11) is -4.50. The molecule has 26 heavy (non-hydrogen) atoms. The zero-order valence-electron chi connectivity index (χ0n) is 14.0. The van der Waals surface area contributed by atoms with Crippen LogP contribution in [0.25, 0.3) is 0 Å². The van der Waals surface area contributed by atoms with Crippen molar-refractivity contribution in [3.63, 3.8) is 0 Å². The summed E-state index contributed by atoms with van der Waals surface area (Å²) in [5.41, 5.74) is 2.79. The molecule has 3 rings (SSSR count). The third-order valence-electron chi connectivity index (χ3n) is 3.32. The van der Waals surface area contributed by atoms with Crippen LogP contribution in [0.4, 0.5) is 22.7 Å². The predicted molar refractivity (Wildman–Crippen MR) is 94.7 cm³/mol. The summed E-state index contributed by atoms with van der Waals surface area (Å²) < 4.78 is 33.0. The summed E-state index contributed by atoms with van der Waals surface area (Å²) in [5, 5.41) is 11.3. The van der Waals surface area contributed by atoms with Crippen LogP contribution in [0.2, 0.25) is 0 Å². The van der Waals surface area contributed by atoms with Gasteiger partial charge in [-0.15, -0.1) is 0 Å². The van der Waals surface area contributed by atoms with Crippen molar-refractivity contribution < 1.29 is 42.5 Å². The SMILES string of the molecule is O=S(=O)([O-])c1cccc(N=Nc2ccc(Nc3ccccc3)cc2)c1.[Na+]. The minimum atomic E-state index is -4.50. The van der Waals surface area contributed by atoms with Crippen LogP contribution in [-0.2, 0) is 10.1 Å². The topological polar surface area (TPSA) is 94.0 Å². The van der Waals surface area contributed by atoms with E-state index in [0.29, 0.717) is 11.4 Å². The number of nitrogens with one attached hydrogen (secondary N) is 1. The molecule has 0 radical (unpaired) electrons. The monoisotopic (exact) mass is 375 g/mol. The molecule has 6 nitrogen and oxygen atoms in total. The summed E-state index contributed by atoms with van der Waals surface area (Å²) >= 11 is 0. The molecule has 0 bridgehead atoms. The predicted octanol–water partition coefficient (Wildman–Crippen LogP) is 1.75. The van der Waals surface area contributed by atoms with Crippen molar-refractivity contribution >= 4 is 32.9 Å². The maximum absolute atomic E-state index is 11.0. The number of hydrogen-bond acceptors (Lipinski definition) is 6. The maximum atomic E-state index is 11.0. The van der Waals surface area contributed by atoms with Crippen LogP contribution in [-0.4, -0.2) is 13.0 Å². The molecule has 8 heteroatoms. The molecular weight excluding hydrogens is 361 g/mol. The van der Waals surface area contributed by atoms with Gasteiger partial charge in [0, 0.05) is 11.4 Å². The molecule has 0 amide bonds. The van der Waals surface area contributed by atoms with E-state index in [1.54, 1.807) is 18.2 Å². The van der Waals surface area contributed by atoms with E-state index >= 15 is 0 Å². The first kappa shape index (κ1) is 20.3. The fourth-order valence-corrected chi connectivity index (χ4v) is 2.63. The maximum Gasteiger partial charge on any atom is 1.00 e. The van der Waals surface area contributed by atoms with E-state index in [2.05, 4.69) is 15.5 Å². The first-order valence-corrected chi connectivity index (χ1v) is 8.81. The molecule has 0 saturated heterocycles. The molecule has 0 aliphatic heterocycles. The number of rotatable bonds is 5. The summed E-state index contributed by atoms with van der Waals surface area (Å²) in [6.45, 7) is 0. The Kier molecular flexibility index (Phi) is 7.07. The van der Waals surface area contributed by atoms with Crippen molar-refractivity contribution in [1.82, 2.24) is 0 Å². The standard InChI is InChI=1S/C18H15N3O3S.Na/c22-25(23,24)18-8-4-7-17(13-18)21-20-16-11-9-15(10-12-16)19-14-5-2-1-3-6-14;/h1-13,19H,(H,22,23,24);/q;+1/p-1. The zero-order valence-corrected chi connectivity index (χ0v) is 16.8. The number of benzene rings is 3. The van der Waals surface area contributed by atoms with Gasteiger partial charge in [-0.25, -0.2) is 8.42 Å². The molecule has 0 saturated carbocycles. The van der Waals surface area contributed by atoms with Gasteiger partial charge in [0.15, 0.2) is 0 Å². The van der Waals surface area contributed by atoms with Crippen LogP contribution in [0, 0.1) is 0 Å². The van der Waals surface area contributed by atoms with Crippen molar-refractivity contribution in [2.75, 3.05) is 5.32 Å². The molecular formula is C18H14N3NaO3S. The minimum absolute atomic E-state index is 0.